The molecule has 92 valence electrons. The monoisotopic (exact) mass is 244 g/mol. The van der Waals surface area contributed by atoms with Crippen molar-refractivity contribution in [1.82, 2.24) is 10.2 Å². The first-order chi connectivity index (χ1) is 7.66. The van der Waals surface area contributed by atoms with Crippen molar-refractivity contribution < 1.29 is 9.53 Å². The van der Waals surface area contributed by atoms with Gasteiger partial charge in [0.1, 0.15) is 0 Å². The van der Waals surface area contributed by atoms with Crippen LogP contribution in [0.4, 0.5) is 0 Å². The lowest BCUT2D eigenvalue weighted by molar-refractivity contribution is -0.144. The average molecular weight is 244 g/mol. The van der Waals surface area contributed by atoms with Gasteiger partial charge in [-0.2, -0.15) is 11.8 Å². The van der Waals surface area contributed by atoms with E-state index in [-0.39, 0.29) is 24.2 Å². The molecule has 16 heavy (non-hydrogen) atoms. The van der Waals surface area contributed by atoms with Gasteiger partial charge in [-0.15, -0.1) is 0 Å². The van der Waals surface area contributed by atoms with Crippen LogP contribution in [0.1, 0.15) is 13.8 Å². The number of nitrogens with one attached hydrogen (secondary N) is 1. The first-order valence-electron chi connectivity index (χ1n) is 5.92. The molecule has 0 bridgehead atoms. The van der Waals surface area contributed by atoms with E-state index in [0.29, 0.717) is 0 Å². The van der Waals surface area contributed by atoms with Crippen LogP contribution in [0.2, 0.25) is 0 Å². The highest BCUT2D eigenvalue weighted by molar-refractivity contribution is 7.99. The summed E-state index contributed by atoms with van der Waals surface area (Å²) >= 11 is 1.86. The van der Waals surface area contributed by atoms with Crippen LogP contribution in [0.15, 0.2) is 0 Å². The molecule has 1 amide bonds. The maximum atomic E-state index is 12.2. The number of rotatable bonds is 1. The Labute approximate surface area is 101 Å². The van der Waals surface area contributed by atoms with E-state index in [0.717, 1.165) is 31.1 Å². The molecule has 3 unspecified atom stereocenters. The molecule has 0 aromatic heterocycles. The molecule has 0 radical (unpaired) electrons. The third-order valence-electron chi connectivity index (χ3n) is 2.95. The lowest BCUT2D eigenvalue weighted by Crippen LogP contribution is -2.56. The summed E-state index contributed by atoms with van der Waals surface area (Å²) in [5.74, 6) is 2.26. The zero-order valence-corrected chi connectivity index (χ0v) is 10.8. The Bertz CT molecular complexity index is 246. The molecule has 0 aromatic carbocycles. The SMILES string of the molecule is CC1CN(C(=O)C2CSCCN2)CC(C)O1. The molecule has 2 fully saturated rings. The molecule has 2 saturated heterocycles. The van der Waals surface area contributed by atoms with E-state index in [9.17, 15) is 4.79 Å². The molecule has 1 N–H and O–H groups in total. The Morgan fingerprint density at radius 3 is 2.62 bits per heavy atom. The van der Waals surface area contributed by atoms with Crippen molar-refractivity contribution in [3.63, 3.8) is 0 Å². The number of ether oxygens (including phenoxy) is 1. The predicted molar refractivity (Wildman–Crippen MR) is 65.7 cm³/mol. The predicted octanol–water partition coefficient (Wildman–Crippen LogP) is 0.327. The smallest absolute Gasteiger partial charge is 0.240 e. The van der Waals surface area contributed by atoms with Gasteiger partial charge in [-0.05, 0) is 13.8 Å². The minimum Gasteiger partial charge on any atom is -0.372 e. The van der Waals surface area contributed by atoms with E-state index >= 15 is 0 Å². The van der Waals surface area contributed by atoms with E-state index in [1.165, 1.54) is 0 Å². The van der Waals surface area contributed by atoms with Crippen LogP contribution in [0.3, 0.4) is 0 Å². The van der Waals surface area contributed by atoms with Gasteiger partial charge >= 0.3 is 0 Å². The zero-order chi connectivity index (χ0) is 11.5. The molecule has 0 spiro atoms. The summed E-state index contributed by atoms with van der Waals surface area (Å²) in [4.78, 5) is 14.2. The summed E-state index contributed by atoms with van der Waals surface area (Å²) in [6, 6.07) is 0.0104. The Morgan fingerprint density at radius 2 is 2.06 bits per heavy atom. The Balaban J connectivity index is 1.92. The standard InChI is InChI=1S/C11H20N2O2S/c1-8-5-13(6-9(2)15-8)11(14)10-7-16-4-3-12-10/h8-10,12H,3-7H2,1-2H3. The minimum absolute atomic E-state index is 0.0104. The molecule has 0 aromatic rings. The van der Waals surface area contributed by atoms with Gasteiger partial charge < -0.3 is 15.0 Å². The van der Waals surface area contributed by atoms with E-state index in [1.54, 1.807) is 0 Å². The molecule has 0 saturated carbocycles. The van der Waals surface area contributed by atoms with Crippen LogP contribution in [-0.2, 0) is 9.53 Å². The molecule has 2 aliphatic rings. The normalized spacial score (nSPS) is 36.1. The molecule has 4 nitrogen and oxygen atoms in total. The number of amides is 1. The minimum atomic E-state index is 0.0104. The Hall–Kier alpha value is -0.260. The van der Waals surface area contributed by atoms with Gasteiger partial charge in [0.2, 0.25) is 5.91 Å². The van der Waals surface area contributed by atoms with Crippen LogP contribution in [-0.4, -0.2) is 60.2 Å². The third-order valence-corrected chi connectivity index (χ3v) is 4.01. The number of thioether (sulfide) groups is 1. The van der Waals surface area contributed by atoms with Crippen molar-refractivity contribution in [2.24, 2.45) is 0 Å². The maximum absolute atomic E-state index is 12.2. The van der Waals surface area contributed by atoms with Crippen molar-refractivity contribution in [1.29, 1.82) is 0 Å². The van der Waals surface area contributed by atoms with Gasteiger partial charge in [0.05, 0.1) is 18.2 Å². The second kappa shape index (κ2) is 5.38. The highest BCUT2D eigenvalue weighted by atomic mass is 32.2. The average Bonchev–Trinajstić information content (AvgIpc) is 2.28. The van der Waals surface area contributed by atoms with Crippen molar-refractivity contribution >= 4 is 17.7 Å². The fourth-order valence-corrected chi connectivity index (χ4v) is 3.23. The van der Waals surface area contributed by atoms with Crippen molar-refractivity contribution in [2.45, 2.75) is 32.1 Å². The first kappa shape index (κ1) is 12.2. The highest BCUT2D eigenvalue weighted by Crippen LogP contribution is 2.15. The van der Waals surface area contributed by atoms with Crippen molar-refractivity contribution in [3.8, 4) is 0 Å². The van der Waals surface area contributed by atoms with Gasteiger partial charge in [0, 0.05) is 31.1 Å². The quantitative estimate of drug-likeness (QED) is 0.721. The van der Waals surface area contributed by atoms with Gasteiger partial charge in [0.15, 0.2) is 0 Å². The van der Waals surface area contributed by atoms with Gasteiger partial charge in [-0.1, -0.05) is 0 Å². The van der Waals surface area contributed by atoms with Gasteiger partial charge in [0.25, 0.3) is 0 Å². The molecule has 2 rings (SSSR count). The first-order valence-corrected chi connectivity index (χ1v) is 7.07. The number of carbonyl (C=O) groups is 1. The van der Waals surface area contributed by atoms with Crippen LogP contribution < -0.4 is 5.32 Å². The highest BCUT2D eigenvalue weighted by Gasteiger charge is 2.31. The molecular formula is C11H20N2O2S. The van der Waals surface area contributed by atoms with Crippen LogP contribution >= 0.6 is 11.8 Å². The lowest BCUT2D eigenvalue weighted by Gasteiger charge is -2.37. The fraction of sp³-hybridized carbons (Fsp3) is 0.909. The molecular weight excluding hydrogens is 224 g/mol. The zero-order valence-electron chi connectivity index (χ0n) is 9.94. The van der Waals surface area contributed by atoms with Gasteiger partial charge in [-0.25, -0.2) is 0 Å². The topological polar surface area (TPSA) is 41.6 Å². The second-order valence-electron chi connectivity index (χ2n) is 4.58. The summed E-state index contributed by atoms with van der Waals surface area (Å²) < 4.78 is 5.63. The van der Waals surface area contributed by atoms with Gasteiger partial charge in [-0.3, -0.25) is 4.79 Å². The summed E-state index contributed by atoms with van der Waals surface area (Å²) in [6.07, 6.45) is 0.313. The summed E-state index contributed by atoms with van der Waals surface area (Å²) in [7, 11) is 0. The lowest BCUT2D eigenvalue weighted by atomic mass is 10.2. The van der Waals surface area contributed by atoms with E-state index in [1.807, 2.05) is 30.5 Å². The second-order valence-corrected chi connectivity index (χ2v) is 5.73. The summed E-state index contributed by atoms with van der Waals surface area (Å²) in [6.45, 7) is 6.45. The number of hydrogen-bond acceptors (Lipinski definition) is 4. The maximum Gasteiger partial charge on any atom is 0.240 e. The van der Waals surface area contributed by atoms with Crippen LogP contribution in [0.25, 0.3) is 0 Å². The van der Waals surface area contributed by atoms with Crippen LogP contribution in [0, 0.1) is 0 Å². The van der Waals surface area contributed by atoms with E-state index in [2.05, 4.69) is 5.32 Å². The summed E-state index contributed by atoms with van der Waals surface area (Å²) in [5.41, 5.74) is 0. The largest absolute Gasteiger partial charge is 0.372 e. The molecule has 3 atom stereocenters. The van der Waals surface area contributed by atoms with Crippen molar-refractivity contribution in [2.75, 3.05) is 31.1 Å². The molecule has 2 heterocycles. The summed E-state index contributed by atoms with van der Waals surface area (Å²) in [5, 5.41) is 3.29. The number of nitrogens with zero attached hydrogens (tertiary/aromatic N) is 1. The molecule has 2 aliphatic heterocycles. The molecule has 5 heteroatoms. The van der Waals surface area contributed by atoms with E-state index < -0.39 is 0 Å². The molecule has 0 aliphatic carbocycles. The van der Waals surface area contributed by atoms with Crippen LogP contribution in [0.5, 0.6) is 0 Å². The fourth-order valence-electron chi connectivity index (χ4n) is 2.30. The van der Waals surface area contributed by atoms with E-state index in [4.69, 9.17) is 4.74 Å². The van der Waals surface area contributed by atoms with Crippen molar-refractivity contribution in [3.05, 3.63) is 0 Å². The Morgan fingerprint density at radius 1 is 1.38 bits per heavy atom. The number of morpholine rings is 1. The number of carbonyl (C=O) groups excluding carboxylic acids is 1. The number of hydrogen-bond donors (Lipinski definition) is 1. The third kappa shape index (κ3) is 2.90. The Kier molecular flexibility index (Phi) is 4.10.